The maximum Gasteiger partial charge on any atom is 0.330 e. The van der Waals surface area contributed by atoms with Crippen molar-refractivity contribution in [1.82, 2.24) is 0 Å². The molecule has 0 fully saturated rings. The van der Waals surface area contributed by atoms with Crippen molar-refractivity contribution in [3.8, 4) is 5.75 Å². The SMILES string of the molecule is C=CC(=O)OCCOc1ccc(S)cc1. The largest absolute Gasteiger partial charge is 0.490 e. The second kappa shape index (κ2) is 6.14. The standard InChI is InChI=1S/C11H12O3S/c1-2-11(12)14-8-7-13-9-3-5-10(15)6-4-9/h2-6,15H,1,7-8H2. The van der Waals surface area contributed by atoms with Crippen LogP contribution in [0.5, 0.6) is 5.75 Å². The molecule has 4 heteroatoms. The Morgan fingerprint density at radius 3 is 2.60 bits per heavy atom. The molecule has 80 valence electrons. The van der Waals surface area contributed by atoms with Gasteiger partial charge in [0.25, 0.3) is 0 Å². The first-order chi connectivity index (χ1) is 7.22. The van der Waals surface area contributed by atoms with Crippen molar-refractivity contribution in [3.05, 3.63) is 36.9 Å². The van der Waals surface area contributed by atoms with E-state index in [1.165, 1.54) is 0 Å². The molecule has 0 saturated carbocycles. The number of rotatable bonds is 5. The summed E-state index contributed by atoms with van der Waals surface area (Å²) in [5.41, 5.74) is 0. The molecule has 0 radical (unpaired) electrons. The summed E-state index contributed by atoms with van der Waals surface area (Å²) in [4.78, 5) is 11.5. The Morgan fingerprint density at radius 1 is 1.33 bits per heavy atom. The van der Waals surface area contributed by atoms with E-state index in [2.05, 4.69) is 19.2 Å². The summed E-state index contributed by atoms with van der Waals surface area (Å²) in [5.74, 6) is 0.284. The predicted octanol–water partition coefficient (Wildman–Crippen LogP) is 2.08. The highest BCUT2D eigenvalue weighted by atomic mass is 32.1. The Hall–Kier alpha value is -1.42. The topological polar surface area (TPSA) is 35.5 Å². The van der Waals surface area contributed by atoms with E-state index in [9.17, 15) is 4.79 Å². The molecule has 0 amide bonds. The van der Waals surface area contributed by atoms with Gasteiger partial charge < -0.3 is 9.47 Å². The van der Waals surface area contributed by atoms with Crippen LogP contribution in [0, 0.1) is 0 Å². The van der Waals surface area contributed by atoms with E-state index in [4.69, 9.17) is 9.47 Å². The number of carbonyl (C=O) groups excluding carboxylic acids is 1. The molecule has 15 heavy (non-hydrogen) atoms. The summed E-state index contributed by atoms with van der Waals surface area (Å²) in [6, 6.07) is 7.26. The van der Waals surface area contributed by atoms with Crippen molar-refractivity contribution < 1.29 is 14.3 Å². The number of carbonyl (C=O) groups is 1. The number of hydrogen-bond donors (Lipinski definition) is 1. The van der Waals surface area contributed by atoms with E-state index < -0.39 is 5.97 Å². The van der Waals surface area contributed by atoms with Crippen LogP contribution in [0.3, 0.4) is 0 Å². The van der Waals surface area contributed by atoms with Crippen LogP contribution >= 0.6 is 12.6 Å². The molecule has 0 spiro atoms. The molecule has 0 aliphatic heterocycles. The van der Waals surface area contributed by atoms with Crippen molar-refractivity contribution in [2.45, 2.75) is 4.90 Å². The highest BCUT2D eigenvalue weighted by Gasteiger charge is 1.96. The van der Waals surface area contributed by atoms with Gasteiger partial charge in [-0.25, -0.2) is 4.79 Å². The van der Waals surface area contributed by atoms with Gasteiger partial charge in [0.05, 0.1) is 0 Å². The first kappa shape index (κ1) is 11.7. The molecule has 0 bridgehead atoms. The third kappa shape index (κ3) is 4.56. The fraction of sp³-hybridized carbons (Fsp3) is 0.182. The summed E-state index contributed by atoms with van der Waals surface area (Å²) >= 11 is 4.14. The fourth-order valence-electron chi connectivity index (χ4n) is 0.903. The Bertz CT molecular complexity index is 332. The third-order valence-electron chi connectivity index (χ3n) is 1.60. The van der Waals surface area contributed by atoms with Gasteiger partial charge in [-0.3, -0.25) is 0 Å². The van der Waals surface area contributed by atoms with Gasteiger partial charge in [-0.1, -0.05) is 6.58 Å². The molecule has 1 rings (SSSR count). The van der Waals surface area contributed by atoms with Gasteiger partial charge in [0.2, 0.25) is 0 Å². The fourth-order valence-corrected chi connectivity index (χ4v) is 1.05. The average molecular weight is 224 g/mol. The summed E-state index contributed by atoms with van der Waals surface area (Å²) < 4.78 is 10.0. The molecule has 3 nitrogen and oxygen atoms in total. The lowest BCUT2D eigenvalue weighted by Gasteiger charge is -2.05. The number of hydrogen-bond acceptors (Lipinski definition) is 4. The lowest BCUT2D eigenvalue weighted by Crippen LogP contribution is -2.09. The molecule has 1 aromatic rings. The van der Waals surface area contributed by atoms with Crippen LogP contribution in [-0.2, 0) is 9.53 Å². The summed E-state index contributed by atoms with van der Waals surface area (Å²) in [5, 5.41) is 0. The van der Waals surface area contributed by atoms with Crippen LogP contribution in [0.1, 0.15) is 0 Å². The van der Waals surface area contributed by atoms with Crippen molar-refractivity contribution in [3.63, 3.8) is 0 Å². The minimum absolute atomic E-state index is 0.216. The second-order valence-electron chi connectivity index (χ2n) is 2.71. The van der Waals surface area contributed by atoms with Crippen molar-refractivity contribution in [1.29, 1.82) is 0 Å². The van der Waals surface area contributed by atoms with Crippen LogP contribution in [-0.4, -0.2) is 19.2 Å². The van der Waals surface area contributed by atoms with E-state index in [1.54, 1.807) is 12.1 Å². The van der Waals surface area contributed by atoms with Crippen LogP contribution in [0.2, 0.25) is 0 Å². The third-order valence-corrected chi connectivity index (χ3v) is 1.90. The lowest BCUT2D eigenvalue weighted by molar-refractivity contribution is -0.138. The molecule has 0 N–H and O–H groups in total. The van der Waals surface area contributed by atoms with Gasteiger partial charge in [-0.15, -0.1) is 12.6 Å². The Morgan fingerprint density at radius 2 is 2.00 bits per heavy atom. The van der Waals surface area contributed by atoms with Crippen LogP contribution < -0.4 is 4.74 Å². The zero-order chi connectivity index (χ0) is 11.1. The average Bonchev–Trinajstić information content (AvgIpc) is 2.26. The van der Waals surface area contributed by atoms with Gasteiger partial charge in [0, 0.05) is 11.0 Å². The first-order valence-corrected chi connectivity index (χ1v) is 4.88. The lowest BCUT2D eigenvalue weighted by atomic mass is 10.3. The molecule has 0 aliphatic rings. The van der Waals surface area contributed by atoms with Gasteiger partial charge in [0.15, 0.2) is 0 Å². The van der Waals surface area contributed by atoms with E-state index >= 15 is 0 Å². The predicted molar refractivity (Wildman–Crippen MR) is 60.3 cm³/mol. The molecular formula is C11H12O3S. The van der Waals surface area contributed by atoms with E-state index in [0.29, 0.717) is 6.61 Å². The molecule has 0 aliphatic carbocycles. The number of esters is 1. The number of thiol groups is 1. The highest BCUT2D eigenvalue weighted by molar-refractivity contribution is 7.80. The molecule has 0 heterocycles. The maximum absolute atomic E-state index is 10.7. The molecule has 0 atom stereocenters. The Balaban J connectivity index is 2.23. The van der Waals surface area contributed by atoms with Gasteiger partial charge in [-0.2, -0.15) is 0 Å². The van der Waals surface area contributed by atoms with Crippen LogP contribution in [0.15, 0.2) is 41.8 Å². The summed E-state index contributed by atoms with van der Waals surface area (Å²) in [6.07, 6.45) is 1.12. The molecule has 0 saturated heterocycles. The monoisotopic (exact) mass is 224 g/mol. The van der Waals surface area contributed by atoms with Gasteiger partial charge in [-0.05, 0) is 24.3 Å². The maximum atomic E-state index is 10.7. The smallest absolute Gasteiger partial charge is 0.330 e. The van der Waals surface area contributed by atoms with E-state index in [1.807, 2.05) is 12.1 Å². The van der Waals surface area contributed by atoms with Gasteiger partial charge >= 0.3 is 5.97 Å². The zero-order valence-corrected chi connectivity index (χ0v) is 9.07. The minimum atomic E-state index is -0.440. The number of ether oxygens (including phenoxy) is 2. The van der Waals surface area contributed by atoms with E-state index in [0.717, 1.165) is 16.7 Å². The number of benzene rings is 1. The Labute approximate surface area is 94.1 Å². The minimum Gasteiger partial charge on any atom is -0.490 e. The van der Waals surface area contributed by atoms with Crippen LogP contribution in [0.25, 0.3) is 0 Å². The molecule has 1 aromatic carbocycles. The molecular weight excluding hydrogens is 212 g/mol. The molecule has 0 aromatic heterocycles. The van der Waals surface area contributed by atoms with E-state index in [-0.39, 0.29) is 6.61 Å². The first-order valence-electron chi connectivity index (χ1n) is 4.43. The van der Waals surface area contributed by atoms with Crippen LogP contribution in [0.4, 0.5) is 0 Å². The normalized spacial score (nSPS) is 9.40. The second-order valence-corrected chi connectivity index (χ2v) is 3.23. The Kier molecular flexibility index (Phi) is 4.77. The summed E-state index contributed by atoms with van der Waals surface area (Å²) in [7, 11) is 0. The van der Waals surface area contributed by atoms with Crippen molar-refractivity contribution >= 4 is 18.6 Å². The zero-order valence-electron chi connectivity index (χ0n) is 8.18. The van der Waals surface area contributed by atoms with Crippen molar-refractivity contribution in [2.75, 3.05) is 13.2 Å². The highest BCUT2D eigenvalue weighted by Crippen LogP contribution is 2.13. The van der Waals surface area contributed by atoms with Gasteiger partial charge in [0.1, 0.15) is 19.0 Å². The van der Waals surface area contributed by atoms with Crippen molar-refractivity contribution in [2.24, 2.45) is 0 Å². The summed E-state index contributed by atoms with van der Waals surface area (Å²) in [6.45, 7) is 3.82. The molecule has 0 unspecified atom stereocenters. The quantitative estimate of drug-likeness (QED) is 0.360.